The smallest absolute Gasteiger partial charge is 0.289 e. The van der Waals surface area contributed by atoms with Crippen LogP contribution in [0, 0.1) is 0 Å². The van der Waals surface area contributed by atoms with Crippen LogP contribution in [0.1, 0.15) is 29.5 Å². The van der Waals surface area contributed by atoms with E-state index in [0.717, 1.165) is 32.3 Å². The highest BCUT2D eigenvalue weighted by molar-refractivity contribution is 7.90. The summed E-state index contributed by atoms with van der Waals surface area (Å²) in [5.74, 6) is -0.178. The van der Waals surface area contributed by atoms with Crippen LogP contribution in [0.4, 0.5) is 0 Å². The monoisotopic (exact) mass is 376 g/mol. The first-order valence-electron chi connectivity index (χ1n) is 8.75. The third kappa shape index (κ3) is 4.16. The predicted octanol–water partition coefficient (Wildman–Crippen LogP) is 2.42. The molecule has 6 nitrogen and oxygen atoms in total. The molecule has 1 atom stereocenters. The Morgan fingerprint density at radius 3 is 2.58 bits per heavy atom. The van der Waals surface area contributed by atoms with E-state index < -0.39 is 9.84 Å². The summed E-state index contributed by atoms with van der Waals surface area (Å²) in [6.45, 7) is 5.07. The topological polar surface area (TPSA) is 70.8 Å². The van der Waals surface area contributed by atoms with Gasteiger partial charge in [0.25, 0.3) is 5.91 Å². The van der Waals surface area contributed by atoms with E-state index in [1.165, 1.54) is 17.7 Å². The van der Waals surface area contributed by atoms with Gasteiger partial charge in [-0.3, -0.25) is 9.69 Å². The minimum atomic E-state index is -3.46. The van der Waals surface area contributed by atoms with Crippen molar-refractivity contribution in [1.82, 2.24) is 9.80 Å². The number of carbonyl (C=O) groups excluding carboxylic acids is 1. The number of sulfone groups is 1. The van der Waals surface area contributed by atoms with Crippen molar-refractivity contribution >= 4 is 15.7 Å². The summed E-state index contributed by atoms with van der Waals surface area (Å²) in [6.07, 6.45) is 1.96. The van der Waals surface area contributed by atoms with Crippen molar-refractivity contribution in [3.05, 3.63) is 53.8 Å². The van der Waals surface area contributed by atoms with Crippen molar-refractivity contribution in [3.63, 3.8) is 0 Å². The van der Waals surface area contributed by atoms with E-state index in [1.807, 2.05) is 25.1 Å². The highest BCUT2D eigenvalue weighted by Crippen LogP contribution is 2.22. The van der Waals surface area contributed by atoms with Gasteiger partial charge in [-0.25, -0.2) is 8.42 Å². The van der Waals surface area contributed by atoms with Crippen LogP contribution in [0.3, 0.4) is 0 Å². The summed E-state index contributed by atoms with van der Waals surface area (Å²) in [5, 5.41) is -0.172. The van der Waals surface area contributed by atoms with Crippen molar-refractivity contribution in [3.8, 4) is 0 Å². The molecular formula is C19H24N2O4S. The highest BCUT2D eigenvalue weighted by Gasteiger charge is 2.31. The van der Waals surface area contributed by atoms with Crippen LogP contribution >= 0.6 is 0 Å². The average Bonchev–Trinajstić information content (AvgIpc) is 3.26. The minimum absolute atomic E-state index is 0.0776. The molecule has 1 fully saturated rings. The number of benzene rings is 1. The molecule has 0 radical (unpaired) electrons. The maximum absolute atomic E-state index is 12.8. The predicted molar refractivity (Wildman–Crippen MR) is 98.7 cm³/mol. The second kappa shape index (κ2) is 7.63. The fraction of sp³-hybridized carbons (Fsp3) is 0.421. The Morgan fingerprint density at radius 1 is 1.23 bits per heavy atom. The third-order valence-electron chi connectivity index (χ3n) is 4.70. The maximum Gasteiger partial charge on any atom is 0.289 e. The lowest BCUT2D eigenvalue weighted by atomic mass is 10.2. The lowest BCUT2D eigenvalue weighted by Crippen LogP contribution is -2.41. The third-order valence-corrected chi connectivity index (χ3v) is 5.65. The standard InChI is InChI=1S/C19H24N2O4S/c1-3-21(19(22)17-9-10-18(25-17)26(2,23)24)16-11-12-20(14-16)13-15-7-5-4-6-8-15/h4-10,16H,3,11-14H2,1-2H3. The Hall–Kier alpha value is -2.12. The molecule has 0 aliphatic carbocycles. The summed E-state index contributed by atoms with van der Waals surface area (Å²) < 4.78 is 28.4. The molecule has 140 valence electrons. The number of amides is 1. The highest BCUT2D eigenvalue weighted by atomic mass is 32.2. The first-order chi connectivity index (χ1) is 12.4. The molecule has 0 saturated carbocycles. The molecule has 1 aromatic heterocycles. The largest absolute Gasteiger partial charge is 0.440 e. The van der Waals surface area contributed by atoms with Gasteiger partial charge in [-0.05, 0) is 31.0 Å². The second-order valence-corrected chi connectivity index (χ2v) is 8.59. The van der Waals surface area contributed by atoms with Crippen LogP contribution in [-0.2, 0) is 16.4 Å². The molecule has 0 bridgehead atoms. The number of furan rings is 1. The van der Waals surface area contributed by atoms with Crippen molar-refractivity contribution in [2.24, 2.45) is 0 Å². The summed E-state index contributed by atoms with van der Waals surface area (Å²) in [5.41, 5.74) is 1.26. The van der Waals surface area contributed by atoms with Crippen LogP contribution in [0.5, 0.6) is 0 Å². The second-order valence-electron chi connectivity index (χ2n) is 6.65. The van der Waals surface area contributed by atoms with Gasteiger partial charge in [0, 0.05) is 38.5 Å². The summed E-state index contributed by atoms with van der Waals surface area (Å²) in [7, 11) is -3.46. The zero-order chi connectivity index (χ0) is 18.7. The number of hydrogen-bond acceptors (Lipinski definition) is 5. The Balaban J connectivity index is 1.67. The number of rotatable bonds is 6. The molecule has 1 aliphatic rings. The van der Waals surface area contributed by atoms with Crippen molar-refractivity contribution in [1.29, 1.82) is 0 Å². The number of nitrogens with zero attached hydrogens (tertiary/aromatic N) is 2. The van der Waals surface area contributed by atoms with Gasteiger partial charge < -0.3 is 9.32 Å². The number of likely N-dealkylation sites (N-methyl/N-ethyl adjacent to an activating group) is 1. The fourth-order valence-corrected chi connectivity index (χ4v) is 3.95. The maximum atomic E-state index is 12.8. The summed E-state index contributed by atoms with van der Waals surface area (Å²) >= 11 is 0. The van der Waals surface area contributed by atoms with E-state index in [1.54, 1.807) is 4.90 Å². The number of likely N-dealkylation sites (tertiary alicyclic amines) is 1. The Bertz CT molecular complexity index is 861. The Kier molecular flexibility index (Phi) is 5.48. The van der Waals surface area contributed by atoms with Crippen molar-refractivity contribution in [2.75, 3.05) is 25.9 Å². The average molecular weight is 376 g/mol. The molecule has 1 unspecified atom stereocenters. The van der Waals surface area contributed by atoms with E-state index in [0.29, 0.717) is 6.54 Å². The van der Waals surface area contributed by atoms with E-state index in [9.17, 15) is 13.2 Å². The fourth-order valence-electron chi connectivity index (χ4n) is 3.40. The first kappa shape index (κ1) is 18.7. The zero-order valence-corrected chi connectivity index (χ0v) is 15.9. The Labute approximate surface area is 154 Å². The molecular weight excluding hydrogens is 352 g/mol. The van der Waals surface area contributed by atoms with E-state index in [-0.39, 0.29) is 22.8 Å². The minimum Gasteiger partial charge on any atom is -0.440 e. The van der Waals surface area contributed by atoms with Crippen LogP contribution in [-0.4, -0.2) is 56.1 Å². The van der Waals surface area contributed by atoms with Gasteiger partial charge in [0.15, 0.2) is 5.76 Å². The van der Waals surface area contributed by atoms with E-state index >= 15 is 0 Å². The number of hydrogen-bond donors (Lipinski definition) is 0. The van der Waals surface area contributed by atoms with Crippen LogP contribution in [0.2, 0.25) is 0 Å². The van der Waals surface area contributed by atoms with E-state index in [4.69, 9.17) is 4.42 Å². The van der Waals surface area contributed by atoms with E-state index in [2.05, 4.69) is 17.0 Å². The molecule has 7 heteroatoms. The quantitative estimate of drug-likeness (QED) is 0.774. The first-order valence-corrected chi connectivity index (χ1v) is 10.6. The molecule has 1 aromatic carbocycles. The van der Waals surface area contributed by atoms with Crippen molar-refractivity contribution in [2.45, 2.75) is 31.0 Å². The van der Waals surface area contributed by atoms with Gasteiger partial charge >= 0.3 is 0 Å². The zero-order valence-electron chi connectivity index (χ0n) is 15.1. The molecule has 1 amide bonds. The lowest BCUT2D eigenvalue weighted by molar-refractivity contribution is 0.0655. The van der Waals surface area contributed by atoms with Crippen LogP contribution in [0.25, 0.3) is 0 Å². The molecule has 2 heterocycles. The molecule has 1 aliphatic heterocycles. The van der Waals surface area contributed by atoms with Gasteiger partial charge in [-0.1, -0.05) is 30.3 Å². The summed E-state index contributed by atoms with van der Waals surface area (Å²) in [4.78, 5) is 16.9. The van der Waals surface area contributed by atoms with Crippen molar-refractivity contribution < 1.29 is 17.6 Å². The van der Waals surface area contributed by atoms with Gasteiger partial charge in [0.05, 0.1) is 0 Å². The van der Waals surface area contributed by atoms with Crippen LogP contribution < -0.4 is 0 Å². The normalized spacial score (nSPS) is 18.2. The van der Waals surface area contributed by atoms with Gasteiger partial charge in [-0.2, -0.15) is 0 Å². The molecule has 3 rings (SSSR count). The van der Waals surface area contributed by atoms with Crippen LogP contribution in [0.15, 0.2) is 52.0 Å². The molecule has 0 N–H and O–H groups in total. The number of carbonyl (C=O) groups is 1. The summed E-state index contributed by atoms with van der Waals surface area (Å²) in [6, 6.07) is 13.1. The molecule has 2 aromatic rings. The van der Waals surface area contributed by atoms with Gasteiger partial charge in [0.2, 0.25) is 14.9 Å². The molecule has 1 saturated heterocycles. The SMILES string of the molecule is CCN(C(=O)c1ccc(S(C)(=O)=O)o1)C1CCN(Cc2ccccc2)C1. The molecule has 26 heavy (non-hydrogen) atoms. The van der Waals surface area contributed by atoms with Gasteiger partial charge in [0.1, 0.15) is 0 Å². The lowest BCUT2D eigenvalue weighted by Gasteiger charge is -2.27. The van der Waals surface area contributed by atoms with Gasteiger partial charge in [-0.15, -0.1) is 0 Å². The molecule has 0 spiro atoms. The Morgan fingerprint density at radius 2 is 1.96 bits per heavy atom.